The Hall–Kier alpha value is -3.19. The summed E-state index contributed by atoms with van der Waals surface area (Å²) in [5, 5.41) is 11.6. The summed E-state index contributed by atoms with van der Waals surface area (Å²) in [6, 6.07) is 11.5. The number of halogens is 1. The van der Waals surface area contributed by atoms with Crippen LogP contribution >= 0.6 is 11.6 Å². The molecule has 2 aromatic heterocycles. The highest BCUT2D eigenvalue weighted by molar-refractivity contribution is 6.31. The van der Waals surface area contributed by atoms with Gasteiger partial charge in [-0.25, -0.2) is 0 Å². The largest absolute Gasteiger partial charge is 0.344 e. The number of aryl methyl sites for hydroxylation is 1. The summed E-state index contributed by atoms with van der Waals surface area (Å²) in [5.74, 6) is -0.291. The number of carbonyl (C=O) groups excluding carboxylic acids is 1. The molecule has 0 aliphatic rings. The molecule has 0 bridgehead atoms. The van der Waals surface area contributed by atoms with Gasteiger partial charge >= 0.3 is 0 Å². The van der Waals surface area contributed by atoms with Crippen molar-refractivity contribution in [2.45, 2.75) is 26.9 Å². The van der Waals surface area contributed by atoms with E-state index in [4.69, 9.17) is 11.6 Å². The molecule has 0 unspecified atom stereocenters. The molecule has 0 atom stereocenters. The van der Waals surface area contributed by atoms with E-state index >= 15 is 0 Å². The van der Waals surface area contributed by atoms with E-state index < -0.39 is 10.5 Å². The standard InChI is InChI=1S/C20H18ClN3O4/c1-13-9-17(14(2)23(13)10-15-5-3-4-6-18(15)21)19(25)12-22-11-16(24(27)28)7-8-20(22)26/h3-9,11H,10,12H2,1-2H3. The van der Waals surface area contributed by atoms with Gasteiger partial charge in [-0.3, -0.25) is 19.7 Å². The minimum Gasteiger partial charge on any atom is -0.344 e. The van der Waals surface area contributed by atoms with Crippen molar-refractivity contribution in [2.75, 3.05) is 0 Å². The van der Waals surface area contributed by atoms with Crippen LogP contribution < -0.4 is 5.56 Å². The van der Waals surface area contributed by atoms with Gasteiger partial charge < -0.3 is 9.13 Å². The summed E-state index contributed by atoms with van der Waals surface area (Å²) in [6.45, 7) is 3.96. The van der Waals surface area contributed by atoms with Gasteiger partial charge in [0.15, 0.2) is 5.78 Å². The van der Waals surface area contributed by atoms with Crippen LogP contribution in [0.1, 0.15) is 27.3 Å². The lowest BCUT2D eigenvalue weighted by atomic mass is 10.1. The zero-order chi connectivity index (χ0) is 20.4. The predicted octanol–water partition coefficient (Wildman–Crippen LogP) is 3.76. The molecule has 8 heteroatoms. The Morgan fingerprint density at radius 1 is 1.18 bits per heavy atom. The monoisotopic (exact) mass is 399 g/mol. The van der Waals surface area contributed by atoms with Crippen LogP contribution in [0.2, 0.25) is 5.02 Å². The summed E-state index contributed by atoms with van der Waals surface area (Å²) in [4.78, 5) is 35.1. The molecule has 2 heterocycles. The Bertz CT molecular complexity index is 1130. The van der Waals surface area contributed by atoms with Gasteiger partial charge in [0.1, 0.15) is 0 Å². The van der Waals surface area contributed by atoms with Crippen LogP contribution in [0.25, 0.3) is 0 Å². The van der Waals surface area contributed by atoms with Gasteiger partial charge in [-0.15, -0.1) is 0 Å². The highest BCUT2D eigenvalue weighted by Crippen LogP contribution is 2.22. The number of aromatic nitrogens is 2. The average Bonchev–Trinajstić information content (AvgIpc) is 2.93. The SMILES string of the molecule is Cc1cc(C(=O)Cn2cc([N+](=O)[O-])ccc2=O)c(C)n1Cc1ccccc1Cl. The number of carbonyl (C=O) groups is 1. The third-order valence-electron chi connectivity index (χ3n) is 4.65. The third kappa shape index (κ3) is 3.89. The van der Waals surface area contributed by atoms with Crippen molar-refractivity contribution >= 4 is 23.1 Å². The molecule has 0 spiro atoms. The highest BCUT2D eigenvalue weighted by atomic mass is 35.5. The fourth-order valence-corrected chi connectivity index (χ4v) is 3.31. The van der Waals surface area contributed by atoms with Crippen molar-refractivity contribution < 1.29 is 9.72 Å². The van der Waals surface area contributed by atoms with Crippen molar-refractivity contribution in [2.24, 2.45) is 0 Å². The van der Waals surface area contributed by atoms with Crippen LogP contribution in [0.3, 0.4) is 0 Å². The number of nitro groups is 1. The number of ketones is 1. The van der Waals surface area contributed by atoms with Gasteiger partial charge in [-0.1, -0.05) is 29.8 Å². The van der Waals surface area contributed by atoms with Gasteiger partial charge in [0.05, 0.1) is 17.7 Å². The minimum absolute atomic E-state index is 0.239. The molecule has 3 aromatic rings. The molecule has 3 rings (SSSR count). The van der Waals surface area contributed by atoms with Gasteiger partial charge in [0.2, 0.25) is 0 Å². The van der Waals surface area contributed by atoms with Gasteiger partial charge in [-0.05, 0) is 31.5 Å². The first kappa shape index (κ1) is 19.6. The molecule has 0 aliphatic carbocycles. The van der Waals surface area contributed by atoms with Crippen LogP contribution in [0, 0.1) is 24.0 Å². The number of nitrogens with zero attached hydrogens (tertiary/aromatic N) is 3. The first-order valence-electron chi connectivity index (χ1n) is 8.56. The van der Waals surface area contributed by atoms with E-state index in [-0.39, 0.29) is 18.0 Å². The summed E-state index contributed by atoms with van der Waals surface area (Å²) in [5.41, 5.74) is 2.33. The lowest BCUT2D eigenvalue weighted by Gasteiger charge is -2.11. The van der Waals surface area contributed by atoms with Crippen LogP contribution in [-0.4, -0.2) is 19.8 Å². The van der Waals surface area contributed by atoms with Crippen molar-refractivity contribution in [3.63, 3.8) is 0 Å². The fraction of sp³-hybridized carbons (Fsp3) is 0.200. The van der Waals surface area contributed by atoms with Crippen molar-refractivity contribution in [1.29, 1.82) is 0 Å². The molecule has 0 saturated carbocycles. The molecule has 0 fully saturated rings. The third-order valence-corrected chi connectivity index (χ3v) is 5.02. The molecule has 28 heavy (non-hydrogen) atoms. The number of Topliss-reactive ketones (excluding diaryl/α,β-unsaturated/α-hetero) is 1. The molecule has 0 N–H and O–H groups in total. The Labute approximate surface area is 165 Å². The molecule has 0 radical (unpaired) electrons. The first-order chi connectivity index (χ1) is 13.3. The quantitative estimate of drug-likeness (QED) is 0.358. The van der Waals surface area contributed by atoms with E-state index in [1.165, 1.54) is 0 Å². The number of hydrogen-bond donors (Lipinski definition) is 0. The number of benzene rings is 1. The molecule has 0 aliphatic heterocycles. The van der Waals surface area contributed by atoms with Crippen LogP contribution in [-0.2, 0) is 13.1 Å². The predicted molar refractivity (Wildman–Crippen MR) is 106 cm³/mol. The zero-order valence-corrected chi connectivity index (χ0v) is 16.1. The van der Waals surface area contributed by atoms with Crippen LogP contribution in [0.4, 0.5) is 5.69 Å². The second-order valence-corrected chi connectivity index (χ2v) is 6.90. The summed E-state index contributed by atoms with van der Waals surface area (Å²) >= 11 is 6.24. The van der Waals surface area contributed by atoms with Gasteiger partial charge in [-0.2, -0.15) is 0 Å². The smallest absolute Gasteiger partial charge is 0.285 e. The maximum atomic E-state index is 12.8. The Kier molecular flexibility index (Phi) is 5.46. The van der Waals surface area contributed by atoms with Crippen molar-refractivity contribution in [3.05, 3.63) is 96.7 Å². The summed E-state index contributed by atoms with van der Waals surface area (Å²) < 4.78 is 3.03. The van der Waals surface area contributed by atoms with E-state index in [1.54, 1.807) is 6.07 Å². The first-order valence-corrected chi connectivity index (χ1v) is 8.94. The van der Waals surface area contributed by atoms with E-state index in [0.29, 0.717) is 17.1 Å². The van der Waals surface area contributed by atoms with Gasteiger partial charge in [0.25, 0.3) is 11.2 Å². The summed E-state index contributed by atoms with van der Waals surface area (Å²) in [6.07, 6.45) is 1.09. The Balaban J connectivity index is 1.90. The number of rotatable bonds is 6. The Morgan fingerprint density at radius 2 is 1.89 bits per heavy atom. The van der Waals surface area contributed by atoms with Gasteiger partial charge in [0, 0.05) is 40.7 Å². The minimum atomic E-state index is -0.601. The van der Waals surface area contributed by atoms with Crippen molar-refractivity contribution in [1.82, 2.24) is 9.13 Å². The molecule has 0 amide bonds. The lowest BCUT2D eigenvalue weighted by molar-refractivity contribution is -0.385. The fourth-order valence-electron chi connectivity index (χ4n) is 3.11. The van der Waals surface area contributed by atoms with E-state index in [9.17, 15) is 19.7 Å². The average molecular weight is 400 g/mol. The second kappa shape index (κ2) is 7.82. The molecule has 144 valence electrons. The number of pyridine rings is 1. The topological polar surface area (TPSA) is 87.1 Å². The maximum Gasteiger partial charge on any atom is 0.285 e. The van der Waals surface area contributed by atoms with Crippen LogP contribution in [0.15, 0.2) is 53.5 Å². The maximum absolute atomic E-state index is 12.8. The summed E-state index contributed by atoms with van der Waals surface area (Å²) in [7, 11) is 0. The molecule has 0 saturated heterocycles. The van der Waals surface area contributed by atoms with E-state index in [1.807, 2.05) is 42.7 Å². The molecular weight excluding hydrogens is 382 g/mol. The number of hydrogen-bond acceptors (Lipinski definition) is 4. The normalized spacial score (nSPS) is 10.8. The Morgan fingerprint density at radius 3 is 2.57 bits per heavy atom. The highest BCUT2D eigenvalue weighted by Gasteiger charge is 2.18. The molecule has 7 nitrogen and oxygen atoms in total. The zero-order valence-electron chi connectivity index (χ0n) is 15.4. The van der Waals surface area contributed by atoms with E-state index in [0.717, 1.165) is 39.8 Å². The van der Waals surface area contributed by atoms with Crippen LogP contribution in [0.5, 0.6) is 0 Å². The molecular formula is C20H18ClN3O4. The second-order valence-electron chi connectivity index (χ2n) is 6.50. The lowest BCUT2D eigenvalue weighted by Crippen LogP contribution is -2.23. The molecule has 1 aromatic carbocycles. The van der Waals surface area contributed by atoms with E-state index in [2.05, 4.69) is 0 Å². The van der Waals surface area contributed by atoms with Crippen molar-refractivity contribution in [3.8, 4) is 0 Å².